The minimum absolute atomic E-state index is 0.115. The minimum Gasteiger partial charge on any atom is -0.381 e. The lowest BCUT2D eigenvalue weighted by molar-refractivity contribution is -0.118. The van der Waals surface area contributed by atoms with Crippen LogP contribution in [0, 0.1) is 5.82 Å². The monoisotopic (exact) mass is 295 g/mol. The summed E-state index contributed by atoms with van der Waals surface area (Å²) in [7, 11) is 1.70. The van der Waals surface area contributed by atoms with Crippen LogP contribution in [0.1, 0.15) is 12.8 Å². The van der Waals surface area contributed by atoms with E-state index >= 15 is 0 Å². The average molecular weight is 295 g/mol. The molecule has 116 valence electrons. The molecule has 2 atom stereocenters. The van der Waals surface area contributed by atoms with Crippen LogP contribution in [0.15, 0.2) is 24.3 Å². The first-order chi connectivity index (χ1) is 10.1. The van der Waals surface area contributed by atoms with Crippen LogP contribution in [-0.2, 0) is 9.53 Å². The first-order valence-corrected chi connectivity index (χ1v) is 7.14. The summed E-state index contributed by atoms with van der Waals surface area (Å²) >= 11 is 0. The normalized spacial score (nSPS) is 23.0. The summed E-state index contributed by atoms with van der Waals surface area (Å²) in [5.74, 6) is -0.436. The van der Waals surface area contributed by atoms with E-state index in [0.717, 1.165) is 19.4 Å². The van der Waals surface area contributed by atoms with Crippen molar-refractivity contribution in [1.29, 1.82) is 0 Å². The summed E-state index contributed by atoms with van der Waals surface area (Å²) in [5, 5.41) is 2.77. The largest absolute Gasteiger partial charge is 0.381 e. The number of nitrogens with one attached hydrogen (secondary N) is 1. The number of nitrogens with two attached hydrogens (primary N) is 1. The standard InChI is InChI=1S/C15H22FN3O2/c1-21-14-6-7-19(13(8-14)9-17)10-15(20)18-12-4-2-11(16)3-5-12/h2-5,13-14H,6-10,17H2,1H3,(H,18,20). The molecule has 3 N–H and O–H groups in total. The van der Waals surface area contributed by atoms with Gasteiger partial charge in [0.1, 0.15) is 5.82 Å². The molecule has 0 radical (unpaired) electrons. The zero-order valence-corrected chi connectivity index (χ0v) is 12.2. The van der Waals surface area contributed by atoms with E-state index in [-0.39, 0.29) is 30.4 Å². The van der Waals surface area contributed by atoms with Crippen molar-refractivity contribution in [3.8, 4) is 0 Å². The predicted molar refractivity (Wildman–Crippen MR) is 79.5 cm³/mol. The second-order valence-electron chi connectivity index (χ2n) is 5.30. The van der Waals surface area contributed by atoms with Gasteiger partial charge in [-0.3, -0.25) is 9.69 Å². The molecule has 5 nitrogen and oxygen atoms in total. The lowest BCUT2D eigenvalue weighted by atomic mass is 9.99. The second kappa shape index (κ2) is 7.49. The highest BCUT2D eigenvalue weighted by molar-refractivity contribution is 5.92. The topological polar surface area (TPSA) is 67.6 Å². The third kappa shape index (κ3) is 4.49. The summed E-state index contributed by atoms with van der Waals surface area (Å²) in [4.78, 5) is 14.1. The molecule has 0 bridgehead atoms. The number of nitrogens with zero attached hydrogens (tertiary/aromatic N) is 1. The Morgan fingerprint density at radius 2 is 2.19 bits per heavy atom. The third-order valence-corrected chi connectivity index (χ3v) is 3.87. The number of methoxy groups -OCH3 is 1. The van der Waals surface area contributed by atoms with E-state index in [1.165, 1.54) is 12.1 Å². The van der Waals surface area contributed by atoms with Crippen LogP contribution < -0.4 is 11.1 Å². The highest BCUT2D eigenvalue weighted by Gasteiger charge is 2.28. The summed E-state index contributed by atoms with van der Waals surface area (Å²) < 4.78 is 18.2. The second-order valence-corrected chi connectivity index (χ2v) is 5.30. The number of piperidine rings is 1. The zero-order chi connectivity index (χ0) is 15.2. The number of hydrogen-bond donors (Lipinski definition) is 2. The molecule has 6 heteroatoms. The van der Waals surface area contributed by atoms with Gasteiger partial charge in [0.25, 0.3) is 0 Å². The van der Waals surface area contributed by atoms with Crippen molar-refractivity contribution >= 4 is 11.6 Å². The van der Waals surface area contributed by atoms with Gasteiger partial charge in [0, 0.05) is 31.9 Å². The Balaban J connectivity index is 1.88. The lowest BCUT2D eigenvalue weighted by Gasteiger charge is -2.37. The molecule has 1 saturated heterocycles. The van der Waals surface area contributed by atoms with Crippen molar-refractivity contribution in [3.63, 3.8) is 0 Å². The number of carbonyl (C=O) groups is 1. The van der Waals surface area contributed by atoms with Crippen LogP contribution in [0.25, 0.3) is 0 Å². The van der Waals surface area contributed by atoms with Crippen LogP contribution in [0.4, 0.5) is 10.1 Å². The van der Waals surface area contributed by atoms with Gasteiger partial charge in [-0.1, -0.05) is 0 Å². The van der Waals surface area contributed by atoms with Gasteiger partial charge < -0.3 is 15.8 Å². The summed E-state index contributed by atoms with van der Waals surface area (Å²) in [6, 6.07) is 5.89. The number of anilines is 1. The van der Waals surface area contributed by atoms with Crippen molar-refractivity contribution in [3.05, 3.63) is 30.1 Å². The van der Waals surface area contributed by atoms with E-state index in [2.05, 4.69) is 10.2 Å². The Morgan fingerprint density at radius 3 is 2.81 bits per heavy atom. The van der Waals surface area contributed by atoms with Gasteiger partial charge in [-0.05, 0) is 37.1 Å². The molecule has 2 rings (SSSR count). The molecule has 1 aromatic rings. The van der Waals surface area contributed by atoms with E-state index in [0.29, 0.717) is 12.2 Å². The molecule has 1 fully saturated rings. The van der Waals surface area contributed by atoms with Gasteiger partial charge in [0.15, 0.2) is 0 Å². The zero-order valence-electron chi connectivity index (χ0n) is 12.2. The maximum atomic E-state index is 12.8. The van der Waals surface area contributed by atoms with Gasteiger partial charge in [0.05, 0.1) is 12.6 Å². The maximum absolute atomic E-state index is 12.8. The van der Waals surface area contributed by atoms with Crippen molar-refractivity contribution in [2.45, 2.75) is 25.0 Å². The number of halogens is 1. The highest BCUT2D eigenvalue weighted by Crippen LogP contribution is 2.19. The minimum atomic E-state index is -0.321. The fourth-order valence-electron chi connectivity index (χ4n) is 2.65. The highest BCUT2D eigenvalue weighted by atomic mass is 19.1. The van der Waals surface area contributed by atoms with E-state index in [4.69, 9.17) is 10.5 Å². The quantitative estimate of drug-likeness (QED) is 0.856. The predicted octanol–water partition coefficient (Wildman–Crippen LogP) is 1.20. The van der Waals surface area contributed by atoms with Crippen LogP contribution in [0.5, 0.6) is 0 Å². The van der Waals surface area contributed by atoms with E-state index < -0.39 is 0 Å². The molecule has 1 aromatic carbocycles. The van der Waals surface area contributed by atoms with Gasteiger partial charge in [-0.2, -0.15) is 0 Å². The molecular weight excluding hydrogens is 273 g/mol. The van der Waals surface area contributed by atoms with Gasteiger partial charge >= 0.3 is 0 Å². The lowest BCUT2D eigenvalue weighted by Crippen LogP contribution is -2.50. The van der Waals surface area contributed by atoms with Crippen molar-refractivity contribution < 1.29 is 13.9 Å². The molecule has 1 heterocycles. The molecular formula is C15H22FN3O2. The third-order valence-electron chi connectivity index (χ3n) is 3.87. The van der Waals surface area contributed by atoms with Crippen molar-refractivity contribution in [1.82, 2.24) is 4.90 Å². The molecule has 0 saturated carbocycles. The Kier molecular flexibility index (Phi) is 5.67. The van der Waals surface area contributed by atoms with E-state index in [1.54, 1.807) is 19.2 Å². The number of ether oxygens (including phenoxy) is 1. The molecule has 1 aliphatic heterocycles. The molecule has 0 spiro atoms. The van der Waals surface area contributed by atoms with Crippen LogP contribution in [0.3, 0.4) is 0 Å². The number of hydrogen-bond acceptors (Lipinski definition) is 4. The fourth-order valence-corrected chi connectivity index (χ4v) is 2.65. The van der Waals surface area contributed by atoms with Gasteiger partial charge in [0.2, 0.25) is 5.91 Å². The number of likely N-dealkylation sites (tertiary alicyclic amines) is 1. The van der Waals surface area contributed by atoms with Crippen LogP contribution in [0.2, 0.25) is 0 Å². The molecule has 21 heavy (non-hydrogen) atoms. The van der Waals surface area contributed by atoms with Crippen molar-refractivity contribution in [2.75, 3.05) is 32.1 Å². The van der Waals surface area contributed by atoms with Gasteiger partial charge in [-0.15, -0.1) is 0 Å². The Hall–Kier alpha value is -1.50. The SMILES string of the molecule is COC1CCN(CC(=O)Nc2ccc(F)cc2)C(CN)C1. The first-order valence-electron chi connectivity index (χ1n) is 7.14. The molecule has 2 unspecified atom stereocenters. The van der Waals surface area contributed by atoms with Crippen molar-refractivity contribution in [2.24, 2.45) is 5.73 Å². The summed E-state index contributed by atoms with van der Waals surface area (Å²) in [6.45, 7) is 1.58. The number of amides is 1. The molecule has 1 amide bonds. The average Bonchev–Trinajstić information content (AvgIpc) is 2.50. The Labute approximate surface area is 124 Å². The molecule has 0 aliphatic carbocycles. The van der Waals surface area contributed by atoms with Crippen LogP contribution >= 0.6 is 0 Å². The maximum Gasteiger partial charge on any atom is 0.238 e. The first kappa shape index (κ1) is 15.9. The number of rotatable bonds is 5. The fraction of sp³-hybridized carbons (Fsp3) is 0.533. The molecule has 1 aliphatic rings. The Bertz CT molecular complexity index is 466. The summed E-state index contributed by atoms with van der Waals surface area (Å²) in [6.07, 6.45) is 1.96. The van der Waals surface area contributed by atoms with E-state index in [1.807, 2.05) is 0 Å². The Morgan fingerprint density at radius 1 is 1.48 bits per heavy atom. The number of carbonyl (C=O) groups excluding carboxylic acids is 1. The smallest absolute Gasteiger partial charge is 0.238 e. The van der Waals surface area contributed by atoms with Gasteiger partial charge in [-0.25, -0.2) is 4.39 Å². The van der Waals surface area contributed by atoms with E-state index in [9.17, 15) is 9.18 Å². The molecule has 0 aromatic heterocycles. The van der Waals surface area contributed by atoms with Crippen LogP contribution in [-0.4, -0.2) is 49.7 Å². The summed E-state index contributed by atoms with van der Waals surface area (Å²) in [5.41, 5.74) is 6.38. The number of benzene rings is 1.